The number of hydrogen-bond donors (Lipinski definition) is 2. The van der Waals surface area contributed by atoms with Crippen molar-refractivity contribution in [2.45, 2.75) is 20.8 Å². The van der Waals surface area contributed by atoms with Crippen molar-refractivity contribution in [3.8, 4) is 0 Å². The highest BCUT2D eigenvalue weighted by molar-refractivity contribution is 5.44. The highest BCUT2D eigenvalue weighted by Crippen LogP contribution is 2.09. The summed E-state index contributed by atoms with van der Waals surface area (Å²) in [6.45, 7) is 7.25. The van der Waals surface area contributed by atoms with E-state index < -0.39 is 0 Å². The Labute approximate surface area is 128 Å². The third-order valence-electron chi connectivity index (χ3n) is 3.08. The van der Waals surface area contributed by atoms with Crippen LogP contribution in [-0.4, -0.2) is 42.6 Å². The summed E-state index contributed by atoms with van der Waals surface area (Å²) in [6.07, 6.45) is 1.49. The molecule has 8 nitrogen and oxygen atoms in total. The Kier molecular flexibility index (Phi) is 3.82. The fourth-order valence-electron chi connectivity index (χ4n) is 2.23. The van der Waals surface area contributed by atoms with Crippen LogP contribution < -0.4 is 10.6 Å². The van der Waals surface area contributed by atoms with Crippen LogP contribution in [0, 0.1) is 20.8 Å². The van der Waals surface area contributed by atoms with Crippen molar-refractivity contribution in [2.24, 2.45) is 0 Å². The van der Waals surface area contributed by atoms with Gasteiger partial charge in [0.1, 0.15) is 12.1 Å². The van der Waals surface area contributed by atoms with Gasteiger partial charge in [-0.1, -0.05) is 0 Å². The molecule has 0 radical (unpaired) electrons. The molecular formula is C14H18N8. The van der Waals surface area contributed by atoms with Crippen LogP contribution in [0.2, 0.25) is 0 Å². The van der Waals surface area contributed by atoms with Gasteiger partial charge in [-0.15, -0.1) is 0 Å². The SMILES string of the molecule is Cc1cc(C)nc(NCCNc2cc(C)nc3ncnn23)n1. The van der Waals surface area contributed by atoms with E-state index in [1.807, 2.05) is 32.9 Å². The number of aryl methyl sites for hydroxylation is 3. The molecule has 0 fully saturated rings. The van der Waals surface area contributed by atoms with Gasteiger partial charge in [-0.05, 0) is 26.8 Å². The molecule has 0 bridgehead atoms. The van der Waals surface area contributed by atoms with Gasteiger partial charge in [0.15, 0.2) is 0 Å². The summed E-state index contributed by atoms with van der Waals surface area (Å²) < 4.78 is 1.68. The lowest BCUT2D eigenvalue weighted by atomic mass is 10.4. The van der Waals surface area contributed by atoms with Gasteiger partial charge in [-0.3, -0.25) is 0 Å². The average Bonchev–Trinajstić information content (AvgIpc) is 2.90. The first-order chi connectivity index (χ1) is 10.6. The highest BCUT2D eigenvalue weighted by Gasteiger charge is 2.05. The van der Waals surface area contributed by atoms with Gasteiger partial charge in [0.25, 0.3) is 5.78 Å². The Morgan fingerprint density at radius 2 is 1.59 bits per heavy atom. The van der Waals surface area contributed by atoms with E-state index in [2.05, 4.69) is 35.7 Å². The minimum Gasteiger partial charge on any atom is -0.368 e. The van der Waals surface area contributed by atoms with Gasteiger partial charge in [-0.25, -0.2) is 15.0 Å². The monoisotopic (exact) mass is 298 g/mol. The van der Waals surface area contributed by atoms with E-state index in [0.29, 0.717) is 24.8 Å². The van der Waals surface area contributed by atoms with Gasteiger partial charge in [0.2, 0.25) is 5.95 Å². The van der Waals surface area contributed by atoms with Crippen LogP contribution >= 0.6 is 0 Å². The molecule has 114 valence electrons. The number of rotatable bonds is 5. The van der Waals surface area contributed by atoms with E-state index in [0.717, 1.165) is 22.9 Å². The van der Waals surface area contributed by atoms with Crippen LogP contribution in [0.25, 0.3) is 5.78 Å². The molecule has 2 N–H and O–H groups in total. The summed E-state index contributed by atoms with van der Waals surface area (Å²) in [5.74, 6) is 2.10. The molecule has 22 heavy (non-hydrogen) atoms. The Balaban J connectivity index is 1.61. The topological polar surface area (TPSA) is 92.9 Å². The third kappa shape index (κ3) is 3.11. The van der Waals surface area contributed by atoms with Crippen molar-refractivity contribution in [1.29, 1.82) is 0 Å². The van der Waals surface area contributed by atoms with Crippen molar-refractivity contribution < 1.29 is 0 Å². The van der Waals surface area contributed by atoms with E-state index in [1.54, 1.807) is 4.52 Å². The van der Waals surface area contributed by atoms with Crippen molar-refractivity contribution >= 4 is 17.5 Å². The van der Waals surface area contributed by atoms with E-state index >= 15 is 0 Å². The van der Waals surface area contributed by atoms with Crippen molar-refractivity contribution in [3.63, 3.8) is 0 Å². The molecule has 0 amide bonds. The molecule has 0 aliphatic rings. The van der Waals surface area contributed by atoms with Crippen molar-refractivity contribution in [3.05, 3.63) is 35.5 Å². The largest absolute Gasteiger partial charge is 0.368 e. The van der Waals surface area contributed by atoms with Crippen LogP contribution in [-0.2, 0) is 0 Å². The van der Waals surface area contributed by atoms with E-state index in [-0.39, 0.29) is 0 Å². The summed E-state index contributed by atoms with van der Waals surface area (Å²) in [6, 6.07) is 3.89. The molecule has 0 aliphatic carbocycles. The molecule has 0 spiro atoms. The van der Waals surface area contributed by atoms with E-state index in [1.165, 1.54) is 6.33 Å². The van der Waals surface area contributed by atoms with Gasteiger partial charge >= 0.3 is 0 Å². The molecule has 0 unspecified atom stereocenters. The first-order valence-electron chi connectivity index (χ1n) is 7.09. The predicted octanol–water partition coefficient (Wildman–Crippen LogP) is 1.36. The number of hydrogen-bond acceptors (Lipinski definition) is 7. The lowest BCUT2D eigenvalue weighted by Crippen LogP contribution is -2.17. The van der Waals surface area contributed by atoms with Crippen LogP contribution in [0.4, 0.5) is 11.8 Å². The highest BCUT2D eigenvalue weighted by atomic mass is 15.4. The number of nitrogens with zero attached hydrogens (tertiary/aromatic N) is 6. The fourth-order valence-corrected chi connectivity index (χ4v) is 2.23. The van der Waals surface area contributed by atoms with Crippen LogP contribution in [0.15, 0.2) is 18.5 Å². The molecule has 0 aromatic carbocycles. The van der Waals surface area contributed by atoms with Gasteiger partial charge in [-0.2, -0.15) is 14.6 Å². The van der Waals surface area contributed by atoms with Crippen molar-refractivity contribution in [2.75, 3.05) is 23.7 Å². The minimum atomic E-state index is 0.591. The number of nitrogens with one attached hydrogen (secondary N) is 2. The molecule has 3 aromatic heterocycles. The van der Waals surface area contributed by atoms with Gasteiger partial charge < -0.3 is 10.6 Å². The maximum atomic E-state index is 4.35. The standard InChI is InChI=1S/C14H18N8/c1-9-6-10(2)20-13(19-9)16-5-4-15-12-7-11(3)21-14-17-8-18-22(12)14/h6-8,15H,4-5H2,1-3H3,(H,16,19,20). The van der Waals surface area contributed by atoms with Crippen LogP contribution in [0.1, 0.15) is 17.1 Å². The second kappa shape index (κ2) is 5.92. The van der Waals surface area contributed by atoms with Gasteiger partial charge in [0.05, 0.1) is 0 Å². The summed E-state index contributed by atoms with van der Waals surface area (Å²) in [5.41, 5.74) is 2.81. The Hall–Kier alpha value is -2.77. The first-order valence-corrected chi connectivity index (χ1v) is 7.09. The summed E-state index contributed by atoms with van der Waals surface area (Å²) in [4.78, 5) is 17.1. The lowest BCUT2D eigenvalue weighted by Gasteiger charge is -2.10. The number of fused-ring (bicyclic) bond motifs is 1. The molecule has 8 heteroatoms. The Morgan fingerprint density at radius 1 is 0.909 bits per heavy atom. The zero-order chi connectivity index (χ0) is 15.5. The number of anilines is 2. The molecule has 0 atom stereocenters. The van der Waals surface area contributed by atoms with Gasteiger partial charge in [0, 0.05) is 36.2 Å². The molecular weight excluding hydrogens is 280 g/mol. The minimum absolute atomic E-state index is 0.591. The van der Waals surface area contributed by atoms with E-state index in [9.17, 15) is 0 Å². The summed E-state index contributed by atoms with van der Waals surface area (Å²) >= 11 is 0. The first kappa shape index (κ1) is 14.2. The molecule has 3 heterocycles. The predicted molar refractivity (Wildman–Crippen MR) is 84.0 cm³/mol. The summed E-state index contributed by atoms with van der Waals surface area (Å²) in [5, 5.41) is 10.7. The normalized spacial score (nSPS) is 10.9. The molecule has 0 saturated heterocycles. The van der Waals surface area contributed by atoms with Crippen molar-refractivity contribution in [1.82, 2.24) is 29.5 Å². The fraction of sp³-hybridized carbons (Fsp3) is 0.357. The maximum absolute atomic E-state index is 4.35. The molecule has 3 rings (SSSR count). The Bertz CT molecular complexity index is 774. The number of aromatic nitrogens is 6. The third-order valence-corrected chi connectivity index (χ3v) is 3.08. The Morgan fingerprint density at radius 3 is 2.36 bits per heavy atom. The summed E-state index contributed by atoms with van der Waals surface area (Å²) in [7, 11) is 0. The zero-order valence-corrected chi connectivity index (χ0v) is 12.8. The van der Waals surface area contributed by atoms with Crippen LogP contribution in [0.5, 0.6) is 0 Å². The smallest absolute Gasteiger partial charge is 0.254 e. The molecule has 0 saturated carbocycles. The quantitative estimate of drug-likeness (QED) is 0.687. The lowest BCUT2D eigenvalue weighted by molar-refractivity contribution is 0.910. The maximum Gasteiger partial charge on any atom is 0.254 e. The second-order valence-corrected chi connectivity index (χ2v) is 5.08. The molecule has 3 aromatic rings. The second-order valence-electron chi connectivity index (χ2n) is 5.08. The average molecular weight is 298 g/mol. The molecule has 0 aliphatic heterocycles. The zero-order valence-electron chi connectivity index (χ0n) is 12.8. The van der Waals surface area contributed by atoms with E-state index in [4.69, 9.17) is 0 Å². The van der Waals surface area contributed by atoms with Crippen LogP contribution in [0.3, 0.4) is 0 Å².